The van der Waals surface area contributed by atoms with Gasteiger partial charge in [0.25, 0.3) is 0 Å². The standard InChI is InChI=1S/C16H31NO/c1-8-9-10-11-12-16(6,15(18)13(2)3)17(7)14(4)5/h8,13-14H,1,9-12H2,2-7H3/t16-/m1/s1. The van der Waals surface area contributed by atoms with E-state index in [-0.39, 0.29) is 11.5 Å². The summed E-state index contributed by atoms with van der Waals surface area (Å²) in [5, 5.41) is 0. The first-order chi connectivity index (χ1) is 8.27. The molecule has 2 heteroatoms. The minimum atomic E-state index is -0.330. The third-order valence-electron chi connectivity index (χ3n) is 3.93. The van der Waals surface area contributed by atoms with Crippen LogP contribution in [0.25, 0.3) is 0 Å². The highest BCUT2D eigenvalue weighted by Crippen LogP contribution is 2.27. The largest absolute Gasteiger partial charge is 0.297 e. The van der Waals surface area contributed by atoms with Gasteiger partial charge in [-0.25, -0.2) is 0 Å². The van der Waals surface area contributed by atoms with Crippen LogP contribution in [0, 0.1) is 5.92 Å². The topological polar surface area (TPSA) is 20.3 Å². The summed E-state index contributed by atoms with van der Waals surface area (Å²) in [5.41, 5.74) is -0.330. The van der Waals surface area contributed by atoms with Crippen LogP contribution in [0.5, 0.6) is 0 Å². The molecule has 0 N–H and O–H groups in total. The Bertz CT molecular complexity index is 270. The van der Waals surface area contributed by atoms with Crippen LogP contribution in [0.15, 0.2) is 12.7 Å². The lowest BCUT2D eigenvalue weighted by Gasteiger charge is -2.41. The van der Waals surface area contributed by atoms with Crippen molar-refractivity contribution in [2.24, 2.45) is 5.92 Å². The number of hydrogen-bond donors (Lipinski definition) is 0. The zero-order valence-electron chi connectivity index (χ0n) is 13.1. The highest BCUT2D eigenvalue weighted by Gasteiger charge is 2.38. The van der Waals surface area contributed by atoms with Crippen LogP contribution in [0.3, 0.4) is 0 Å². The van der Waals surface area contributed by atoms with E-state index in [9.17, 15) is 4.79 Å². The van der Waals surface area contributed by atoms with E-state index in [4.69, 9.17) is 0 Å². The van der Waals surface area contributed by atoms with Crippen LogP contribution in [0.4, 0.5) is 0 Å². The highest BCUT2D eigenvalue weighted by atomic mass is 16.1. The Kier molecular flexibility index (Phi) is 7.46. The van der Waals surface area contributed by atoms with E-state index in [1.807, 2.05) is 19.9 Å². The van der Waals surface area contributed by atoms with Gasteiger partial charge in [-0.1, -0.05) is 26.3 Å². The summed E-state index contributed by atoms with van der Waals surface area (Å²) in [6, 6.07) is 0.386. The molecule has 0 heterocycles. The number of carbonyl (C=O) groups is 1. The normalized spacial score (nSPS) is 15.2. The fraction of sp³-hybridized carbons (Fsp3) is 0.812. The van der Waals surface area contributed by atoms with E-state index in [0.717, 1.165) is 25.7 Å². The van der Waals surface area contributed by atoms with E-state index < -0.39 is 0 Å². The number of nitrogens with zero attached hydrogens (tertiary/aromatic N) is 1. The van der Waals surface area contributed by atoms with Gasteiger partial charge in [0.15, 0.2) is 5.78 Å². The fourth-order valence-corrected chi connectivity index (χ4v) is 2.42. The molecule has 106 valence electrons. The van der Waals surface area contributed by atoms with E-state index in [1.54, 1.807) is 0 Å². The van der Waals surface area contributed by atoms with Gasteiger partial charge in [0.1, 0.15) is 0 Å². The maximum Gasteiger partial charge on any atom is 0.155 e. The minimum absolute atomic E-state index is 0.0932. The average Bonchev–Trinajstić information content (AvgIpc) is 2.32. The predicted octanol–water partition coefficient (Wildman–Crippen LogP) is 4.06. The van der Waals surface area contributed by atoms with E-state index in [0.29, 0.717) is 11.8 Å². The molecule has 0 aliphatic rings. The summed E-state index contributed by atoms with van der Waals surface area (Å²) in [6.45, 7) is 14.1. The Morgan fingerprint density at radius 3 is 2.22 bits per heavy atom. The zero-order valence-corrected chi connectivity index (χ0v) is 13.1. The van der Waals surface area contributed by atoms with Gasteiger partial charge in [0, 0.05) is 12.0 Å². The number of rotatable bonds is 9. The number of unbranched alkanes of at least 4 members (excludes halogenated alkanes) is 2. The molecule has 0 bridgehead atoms. The number of ketones is 1. The van der Waals surface area contributed by atoms with Gasteiger partial charge in [-0.05, 0) is 47.1 Å². The second kappa shape index (κ2) is 7.73. The first kappa shape index (κ1) is 17.4. The molecule has 0 aromatic carbocycles. The molecular formula is C16H31NO. The SMILES string of the molecule is C=CCCCC[C@](C)(C(=O)C(C)C)N(C)C(C)C. The molecule has 0 aliphatic heterocycles. The van der Waals surface area contributed by atoms with Crippen LogP contribution in [0.2, 0.25) is 0 Å². The molecule has 0 aliphatic carbocycles. The lowest BCUT2D eigenvalue weighted by molar-refractivity contribution is -0.134. The lowest BCUT2D eigenvalue weighted by atomic mass is 9.82. The third kappa shape index (κ3) is 4.56. The molecule has 0 unspecified atom stereocenters. The molecule has 1 atom stereocenters. The molecule has 0 fully saturated rings. The Morgan fingerprint density at radius 2 is 1.83 bits per heavy atom. The van der Waals surface area contributed by atoms with Gasteiger partial charge < -0.3 is 0 Å². The van der Waals surface area contributed by atoms with E-state index >= 15 is 0 Å². The van der Waals surface area contributed by atoms with Gasteiger partial charge in [0.2, 0.25) is 0 Å². The number of Topliss-reactive ketones (excluding diaryl/α,β-unsaturated/α-hetero) is 1. The van der Waals surface area contributed by atoms with Crippen molar-refractivity contribution in [3.05, 3.63) is 12.7 Å². The smallest absolute Gasteiger partial charge is 0.155 e. The van der Waals surface area contributed by atoms with Crippen molar-refractivity contribution in [3.63, 3.8) is 0 Å². The van der Waals surface area contributed by atoms with Gasteiger partial charge in [0.05, 0.1) is 5.54 Å². The van der Waals surface area contributed by atoms with E-state index in [1.165, 1.54) is 0 Å². The van der Waals surface area contributed by atoms with Crippen molar-refractivity contribution in [3.8, 4) is 0 Å². The second-order valence-electron chi connectivity index (χ2n) is 6.03. The van der Waals surface area contributed by atoms with Crippen LogP contribution in [-0.4, -0.2) is 29.3 Å². The lowest BCUT2D eigenvalue weighted by Crippen LogP contribution is -2.54. The summed E-state index contributed by atoms with van der Waals surface area (Å²) in [5.74, 6) is 0.452. The fourth-order valence-electron chi connectivity index (χ4n) is 2.42. The summed E-state index contributed by atoms with van der Waals surface area (Å²) in [7, 11) is 2.07. The molecule has 0 aromatic heterocycles. The Morgan fingerprint density at radius 1 is 1.28 bits per heavy atom. The van der Waals surface area contributed by atoms with Crippen LogP contribution >= 0.6 is 0 Å². The summed E-state index contributed by atoms with van der Waals surface area (Å²) < 4.78 is 0. The van der Waals surface area contributed by atoms with Crippen LogP contribution in [-0.2, 0) is 4.79 Å². The van der Waals surface area contributed by atoms with Crippen molar-refractivity contribution in [1.29, 1.82) is 0 Å². The maximum absolute atomic E-state index is 12.5. The van der Waals surface area contributed by atoms with Crippen molar-refractivity contribution in [2.75, 3.05) is 7.05 Å². The first-order valence-electron chi connectivity index (χ1n) is 7.15. The monoisotopic (exact) mass is 253 g/mol. The number of likely N-dealkylation sites (N-methyl/N-ethyl adjacent to an activating group) is 1. The summed E-state index contributed by atoms with van der Waals surface area (Å²) >= 11 is 0. The summed E-state index contributed by atoms with van der Waals surface area (Å²) in [4.78, 5) is 14.7. The zero-order chi connectivity index (χ0) is 14.3. The molecule has 0 aromatic rings. The van der Waals surface area contributed by atoms with Crippen molar-refractivity contribution in [1.82, 2.24) is 4.90 Å². The molecule has 2 nitrogen and oxygen atoms in total. The maximum atomic E-state index is 12.5. The Balaban J connectivity index is 4.80. The number of allylic oxidation sites excluding steroid dienone is 1. The van der Waals surface area contributed by atoms with Crippen molar-refractivity contribution >= 4 is 5.78 Å². The van der Waals surface area contributed by atoms with Crippen LogP contribution < -0.4 is 0 Å². The molecule has 0 radical (unpaired) electrons. The van der Waals surface area contributed by atoms with Gasteiger partial charge in [-0.3, -0.25) is 9.69 Å². The van der Waals surface area contributed by atoms with Gasteiger partial charge in [-0.15, -0.1) is 6.58 Å². The Hall–Kier alpha value is -0.630. The van der Waals surface area contributed by atoms with Crippen LogP contribution in [0.1, 0.15) is 60.3 Å². The minimum Gasteiger partial charge on any atom is -0.297 e. The molecule has 18 heavy (non-hydrogen) atoms. The Labute approximate surface area is 113 Å². The molecular weight excluding hydrogens is 222 g/mol. The first-order valence-corrected chi connectivity index (χ1v) is 7.15. The second-order valence-corrected chi connectivity index (χ2v) is 6.03. The predicted molar refractivity (Wildman–Crippen MR) is 79.8 cm³/mol. The van der Waals surface area contributed by atoms with Gasteiger partial charge >= 0.3 is 0 Å². The van der Waals surface area contributed by atoms with Crippen molar-refractivity contribution in [2.45, 2.75) is 71.9 Å². The van der Waals surface area contributed by atoms with Gasteiger partial charge in [-0.2, -0.15) is 0 Å². The molecule has 0 amide bonds. The quantitative estimate of drug-likeness (QED) is 0.456. The van der Waals surface area contributed by atoms with E-state index in [2.05, 4.69) is 39.3 Å². The molecule has 0 rings (SSSR count). The van der Waals surface area contributed by atoms with Crippen molar-refractivity contribution < 1.29 is 4.79 Å². The number of carbonyl (C=O) groups excluding carboxylic acids is 1. The average molecular weight is 253 g/mol. The molecule has 0 spiro atoms. The molecule has 0 saturated carbocycles. The third-order valence-corrected chi connectivity index (χ3v) is 3.93. The summed E-state index contributed by atoms with van der Waals surface area (Å²) in [6.07, 6.45) is 6.13. The molecule has 0 saturated heterocycles. The highest BCUT2D eigenvalue weighted by molar-refractivity contribution is 5.89. The number of hydrogen-bond acceptors (Lipinski definition) is 2.